The number of hydrogen-bond acceptors (Lipinski definition) is 9. The molecule has 15 heteroatoms. The first-order chi connectivity index (χ1) is 24.6. The van der Waals surface area contributed by atoms with Gasteiger partial charge in [-0.3, -0.25) is 29.1 Å². The molecule has 0 saturated carbocycles. The number of nitrogens with zero attached hydrogens (tertiary/aromatic N) is 3. The Hall–Kier alpha value is -4.01. The molecule has 2 aromatic rings. The van der Waals surface area contributed by atoms with Gasteiger partial charge in [0.05, 0.1) is 19.0 Å². The van der Waals surface area contributed by atoms with E-state index in [9.17, 15) is 19.2 Å². The highest BCUT2D eigenvalue weighted by Crippen LogP contribution is 2.34. The fraction of sp³-hybridized carbons (Fsp3) is 0.541. The molecular weight excluding hydrogens is 706 g/mol. The molecule has 3 atom stereocenters. The van der Waals surface area contributed by atoms with E-state index in [0.29, 0.717) is 38.9 Å². The summed E-state index contributed by atoms with van der Waals surface area (Å²) in [4.78, 5) is 59.7. The number of alkyl halides is 1. The van der Waals surface area contributed by atoms with Crippen LogP contribution in [0.25, 0.3) is 0 Å². The average molecular weight is 758 g/mol. The van der Waals surface area contributed by atoms with Crippen LogP contribution in [0.2, 0.25) is 0 Å². The molecule has 52 heavy (non-hydrogen) atoms. The van der Waals surface area contributed by atoms with Crippen LogP contribution in [0.4, 0.5) is 4.79 Å². The molecule has 2 fully saturated rings. The minimum atomic E-state index is -1.34. The number of aryl methyl sites for hydroxylation is 1. The summed E-state index contributed by atoms with van der Waals surface area (Å²) in [6, 6.07) is 9.64. The van der Waals surface area contributed by atoms with Gasteiger partial charge in [-0.1, -0.05) is 30.3 Å². The number of nitrogens with two attached hydrogens (primary N) is 1. The fourth-order valence-corrected chi connectivity index (χ4v) is 7.52. The number of hydrazine groups is 1. The third-order valence-electron chi connectivity index (χ3n) is 9.29. The predicted octanol–water partition coefficient (Wildman–Crippen LogP) is 4.33. The highest BCUT2D eigenvalue weighted by Gasteiger charge is 2.54. The summed E-state index contributed by atoms with van der Waals surface area (Å²) < 4.78 is 14.1. The van der Waals surface area contributed by atoms with E-state index in [1.54, 1.807) is 27.9 Å². The Bertz CT molecular complexity index is 1650. The third-order valence-corrected chi connectivity index (χ3v) is 10.7. The van der Waals surface area contributed by atoms with Crippen LogP contribution in [0.15, 0.2) is 46.3 Å². The molecule has 4 rings (SSSR count). The SMILES string of the molecule is COc1cc(C)c(SNC(N)=NCCCC(NC(=O)[C@@H]2CCN3CC[C@](Cc4ccccc4)(NC(=O)OC(C)(C)C)C(=O)N23)C(=O)CCl)c(C)c1C. The van der Waals surface area contributed by atoms with E-state index in [4.69, 9.17) is 26.8 Å². The normalized spacial score (nSPS) is 19.8. The monoisotopic (exact) mass is 757 g/mol. The van der Waals surface area contributed by atoms with Crippen molar-refractivity contribution in [1.29, 1.82) is 0 Å². The number of aliphatic imine (C=N–C) groups is 1. The van der Waals surface area contributed by atoms with Crippen molar-refractivity contribution in [3.63, 3.8) is 0 Å². The van der Waals surface area contributed by atoms with Gasteiger partial charge in [-0.15, -0.1) is 11.6 Å². The molecule has 2 aliphatic rings. The second-order valence-electron chi connectivity index (χ2n) is 14.3. The van der Waals surface area contributed by atoms with E-state index in [1.165, 1.54) is 17.0 Å². The standard InChI is InChI=1S/C37H52ClN7O6S/c1-23-20-30(50-7)24(2)25(3)31(23)52-43-34(39)40-17-11-14-27(29(46)22-38)41-32(47)28-15-18-44-19-16-37(33(48)45(28)44,21-26-12-9-8-10-13-26)42-35(49)51-36(4,5)6/h8-10,12-13,20,27-28H,11,14-19,21-22H2,1-7H3,(H,41,47)(H,42,49)(H3,39,40,43)/t27?,28-,37+/m0/s1. The number of methoxy groups -OCH3 is 1. The van der Waals surface area contributed by atoms with Crippen LogP contribution < -0.4 is 25.8 Å². The van der Waals surface area contributed by atoms with Crippen LogP contribution in [-0.4, -0.2) is 95.5 Å². The Kier molecular flexibility index (Phi) is 13.9. The highest BCUT2D eigenvalue weighted by molar-refractivity contribution is 7.98. The number of rotatable bonds is 14. The Morgan fingerprint density at radius 1 is 1.13 bits per heavy atom. The van der Waals surface area contributed by atoms with Crippen molar-refractivity contribution < 1.29 is 28.7 Å². The van der Waals surface area contributed by atoms with E-state index < -0.39 is 41.1 Å². The second-order valence-corrected chi connectivity index (χ2v) is 15.4. The Morgan fingerprint density at radius 3 is 2.50 bits per heavy atom. The number of alkyl carbamates (subject to hydrolysis) is 1. The van der Waals surface area contributed by atoms with Crippen LogP contribution in [0, 0.1) is 20.8 Å². The maximum absolute atomic E-state index is 14.4. The molecule has 0 radical (unpaired) electrons. The lowest BCUT2D eigenvalue weighted by atomic mass is 9.84. The molecule has 2 heterocycles. The number of ether oxygens (including phenoxy) is 2. The summed E-state index contributed by atoms with van der Waals surface area (Å²) in [5.41, 5.74) is 8.05. The van der Waals surface area contributed by atoms with Crippen LogP contribution in [0.3, 0.4) is 0 Å². The number of fused-ring (bicyclic) bond motifs is 1. The number of Topliss-reactive ketones (excluding diaryl/α,β-unsaturated/α-hetero) is 1. The van der Waals surface area contributed by atoms with E-state index in [2.05, 4.69) is 20.3 Å². The van der Waals surface area contributed by atoms with Gasteiger partial charge < -0.3 is 25.8 Å². The van der Waals surface area contributed by atoms with Crippen molar-refractivity contribution in [2.75, 3.05) is 32.6 Å². The average Bonchev–Trinajstić information content (AvgIpc) is 3.53. The molecule has 0 spiro atoms. The largest absolute Gasteiger partial charge is 0.496 e. The molecule has 0 aromatic heterocycles. The van der Waals surface area contributed by atoms with E-state index >= 15 is 0 Å². The molecule has 13 nitrogen and oxygen atoms in total. The van der Waals surface area contributed by atoms with Gasteiger partial charge in [-0.25, -0.2) is 9.80 Å². The van der Waals surface area contributed by atoms with Crippen molar-refractivity contribution in [3.8, 4) is 5.75 Å². The van der Waals surface area contributed by atoms with Gasteiger partial charge in [0, 0.05) is 31.0 Å². The number of hydrogen-bond donors (Lipinski definition) is 4. The molecule has 5 N–H and O–H groups in total. The smallest absolute Gasteiger partial charge is 0.408 e. The zero-order valence-electron chi connectivity index (χ0n) is 31.1. The second kappa shape index (κ2) is 17.7. The molecule has 2 aliphatic heterocycles. The first-order valence-electron chi connectivity index (χ1n) is 17.5. The van der Waals surface area contributed by atoms with Crippen LogP contribution >= 0.6 is 23.5 Å². The molecule has 0 aliphatic carbocycles. The van der Waals surface area contributed by atoms with E-state index in [1.807, 2.05) is 62.2 Å². The molecular formula is C37H52ClN7O6S. The van der Waals surface area contributed by atoms with Gasteiger partial charge >= 0.3 is 6.09 Å². The number of benzene rings is 2. The molecule has 2 aromatic carbocycles. The summed E-state index contributed by atoms with van der Waals surface area (Å²) in [5, 5.41) is 9.03. The van der Waals surface area contributed by atoms with Crippen molar-refractivity contribution in [2.45, 2.75) is 102 Å². The fourth-order valence-electron chi connectivity index (χ4n) is 6.54. The molecule has 3 amide bonds. The van der Waals surface area contributed by atoms with Gasteiger partial charge in [0.15, 0.2) is 11.7 Å². The first-order valence-corrected chi connectivity index (χ1v) is 18.8. The maximum Gasteiger partial charge on any atom is 0.408 e. The topological polar surface area (TPSA) is 168 Å². The minimum absolute atomic E-state index is 0.216. The lowest BCUT2D eigenvalue weighted by Crippen LogP contribution is -2.70. The van der Waals surface area contributed by atoms with Crippen LogP contribution in [0.5, 0.6) is 5.75 Å². The van der Waals surface area contributed by atoms with Gasteiger partial charge in [0.25, 0.3) is 5.91 Å². The Labute approximate surface area is 315 Å². The van der Waals surface area contributed by atoms with Crippen molar-refractivity contribution in [2.24, 2.45) is 10.7 Å². The minimum Gasteiger partial charge on any atom is -0.496 e. The lowest BCUT2D eigenvalue weighted by Gasteiger charge is -2.46. The third kappa shape index (κ3) is 10.1. The van der Waals surface area contributed by atoms with Crippen molar-refractivity contribution >= 4 is 53.2 Å². The number of halogens is 1. The van der Waals surface area contributed by atoms with Gasteiger partial charge in [-0.2, -0.15) is 0 Å². The van der Waals surface area contributed by atoms with Gasteiger partial charge in [-0.05, 0) is 107 Å². The number of carbonyl (C=O) groups excluding carboxylic acids is 4. The predicted molar refractivity (Wildman–Crippen MR) is 203 cm³/mol. The zero-order valence-corrected chi connectivity index (χ0v) is 32.7. The molecule has 0 bridgehead atoms. The van der Waals surface area contributed by atoms with Crippen molar-refractivity contribution in [3.05, 3.63) is 58.7 Å². The molecule has 2 saturated heterocycles. The summed E-state index contributed by atoms with van der Waals surface area (Å²) in [5.74, 6) is -0.436. The summed E-state index contributed by atoms with van der Waals surface area (Å²) in [6.07, 6.45) is 0.919. The summed E-state index contributed by atoms with van der Waals surface area (Å²) in [7, 11) is 1.65. The Morgan fingerprint density at radius 2 is 1.85 bits per heavy atom. The van der Waals surface area contributed by atoms with Gasteiger partial charge in [0.1, 0.15) is 22.9 Å². The highest BCUT2D eigenvalue weighted by atomic mass is 35.5. The quantitative estimate of drug-likeness (QED) is 0.0716. The molecule has 1 unspecified atom stereocenters. The van der Waals surface area contributed by atoms with Gasteiger partial charge in [0.2, 0.25) is 5.91 Å². The number of guanidine groups is 1. The van der Waals surface area contributed by atoms with E-state index in [0.717, 1.165) is 32.9 Å². The van der Waals surface area contributed by atoms with Crippen LogP contribution in [-0.2, 0) is 25.5 Å². The number of ketones is 1. The number of carbonyl (C=O) groups is 4. The number of nitrogens with one attached hydrogen (secondary N) is 3. The van der Waals surface area contributed by atoms with Crippen molar-refractivity contribution in [1.82, 2.24) is 25.4 Å². The molecule has 284 valence electrons. The van der Waals surface area contributed by atoms with Crippen LogP contribution in [0.1, 0.15) is 68.7 Å². The van der Waals surface area contributed by atoms with E-state index in [-0.39, 0.29) is 30.5 Å². The summed E-state index contributed by atoms with van der Waals surface area (Å²) in [6.45, 7) is 12.5. The maximum atomic E-state index is 14.4. The Balaban J connectivity index is 1.41. The zero-order chi connectivity index (χ0) is 38.2. The number of amides is 3. The summed E-state index contributed by atoms with van der Waals surface area (Å²) >= 11 is 7.33. The lowest BCUT2D eigenvalue weighted by molar-refractivity contribution is -0.167. The first kappa shape index (κ1) is 40.8.